The van der Waals surface area contributed by atoms with Gasteiger partial charge in [0.15, 0.2) is 0 Å². The molecule has 94 valence electrons. The molecule has 1 atom stereocenters. The van der Waals surface area contributed by atoms with E-state index in [0.717, 1.165) is 0 Å². The summed E-state index contributed by atoms with van der Waals surface area (Å²) in [4.78, 5) is 15.6. The second-order valence-corrected chi connectivity index (χ2v) is 4.29. The fraction of sp³-hybridized carbons (Fsp3) is 0.455. The van der Waals surface area contributed by atoms with Crippen LogP contribution < -0.4 is 11.1 Å². The summed E-state index contributed by atoms with van der Waals surface area (Å²) < 4.78 is 0. The van der Waals surface area contributed by atoms with E-state index in [2.05, 4.69) is 10.3 Å². The zero-order valence-corrected chi connectivity index (χ0v) is 10.4. The monoisotopic (exact) mass is 257 g/mol. The summed E-state index contributed by atoms with van der Waals surface area (Å²) in [5.41, 5.74) is 6.19. The number of amides is 1. The van der Waals surface area contributed by atoms with E-state index in [1.165, 1.54) is 12.3 Å². The quantitative estimate of drug-likeness (QED) is 0.689. The van der Waals surface area contributed by atoms with E-state index in [0.29, 0.717) is 18.7 Å². The Bertz CT molecular complexity index is 398. The lowest BCUT2D eigenvalue weighted by Gasteiger charge is -2.11. The molecule has 1 unspecified atom stereocenters. The molecule has 1 rings (SSSR count). The summed E-state index contributed by atoms with van der Waals surface area (Å²) in [5, 5.41) is 11.6. The van der Waals surface area contributed by atoms with Gasteiger partial charge in [0.25, 0.3) is 5.91 Å². The summed E-state index contributed by atoms with van der Waals surface area (Å²) in [5.74, 6) is -0.101. The van der Waals surface area contributed by atoms with Crippen molar-refractivity contribution in [1.29, 1.82) is 0 Å². The number of aliphatic hydroxyl groups is 1. The zero-order chi connectivity index (χ0) is 12.8. The highest BCUT2D eigenvalue weighted by Gasteiger charge is 2.12. The number of nitrogens with two attached hydrogens (primary N) is 1. The number of carbonyl (C=O) groups is 1. The second kappa shape index (κ2) is 6.42. The number of aromatic nitrogens is 1. The molecule has 1 aromatic heterocycles. The standard InChI is InChI=1S/C11H16ClN3O2/c1-7(2-3-16)5-15-11(17)9-4-8(13)6-14-10(9)12/h4,6-7,16H,2-3,5,13H2,1H3,(H,15,17). The first-order valence-electron chi connectivity index (χ1n) is 5.34. The first-order chi connectivity index (χ1) is 8.04. The summed E-state index contributed by atoms with van der Waals surface area (Å²) >= 11 is 5.80. The fourth-order valence-electron chi connectivity index (χ4n) is 1.31. The lowest BCUT2D eigenvalue weighted by molar-refractivity contribution is 0.0945. The number of aliphatic hydroxyl groups excluding tert-OH is 1. The Balaban J connectivity index is 2.61. The molecule has 17 heavy (non-hydrogen) atoms. The Morgan fingerprint density at radius 1 is 1.71 bits per heavy atom. The maximum absolute atomic E-state index is 11.8. The Hall–Kier alpha value is -1.33. The maximum atomic E-state index is 11.8. The van der Waals surface area contributed by atoms with Crippen molar-refractivity contribution < 1.29 is 9.90 Å². The van der Waals surface area contributed by atoms with E-state index in [-0.39, 0.29) is 29.1 Å². The molecule has 0 radical (unpaired) electrons. The molecular weight excluding hydrogens is 242 g/mol. The normalized spacial score (nSPS) is 12.2. The van der Waals surface area contributed by atoms with Crippen molar-refractivity contribution in [2.24, 2.45) is 5.92 Å². The third-order valence-electron chi connectivity index (χ3n) is 2.34. The number of hydrogen-bond donors (Lipinski definition) is 3. The minimum atomic E-state index is -0.306. The Kier molecular flexibility index (Phi) is 5.18. The Morgan fingerprint density at radius 3 is 3.06 bits per heavy atom. The molecule has 4 N–H and O–H groups in total. The molecule has 0 fully saturated rings. The molecule has 0 aromatic carbocycles. The Labute approximate surface area is 105 Å². The SMILES string of the molecule is CC(CCO)CNC(=O)c1cc(N)cnc1Cl. The van der Waals surface area contributed by atoms with Crippen molar-refractivity contribution in [2.75, 3.05) is 18.9 Å². The molecule has 1 heterocycles. The van der Waals surface area contributed by atoms with E-state index < -0.39 is 0 Å². The molecule has 0 aliphatic heterocycles. The largest absolute Gasteiger partial charge is 0.397 e. The van der Waals surface area contributed by atoms with Crippen molar-refractivity contribution in [2.45, 2.75) is 13.3 Å². The van der Waals surface area contributed by atoms with Crippen LogP contribution in [0.15, 0.2) is 12.3 Å². The third kappa shape index (κ3) is 4.20. The van der Waals surface area contributed by atoms with Crippen molar-refractivity contribution in [1.82, 2.24) is 10.3 Å². The number of nitrogens with zero attached hydrogens (tertiary/aromatic N) is 1. The predicted octanol–water partition coefficient (Wildman–Crippen LogP) is 1.07. The van der Waals surface area contributed by atoms with Crippen LogP contribution in [0.5, 0.6) is 0 Å². The minimum absolute atomic E-state index is 0.109. The van der Waals surface area contributed by atoms with E-state index in [1.807, 2.05) is 6.92 Å². The van der Waals surface area contributed by atoms with E-state index in [4.69, 9.17) is 22.4 Å². The smallest absolute Gasteiger partial charge is 0.254 e. The number of nitrogens with one attached hydrogen (secondary N) is 1. The number of halogens is 1. The fourth-order valence-corrected chi connectivity index (χ4v) is 1.50. The van der Waals surface area contributed by atoms with E-state index >= 15 is 0 Å². The van der Waals surface area contributed by atoms with Crippen LogP contribution in [0.25, 0.3) is 0 Å². The van der Waals surface area contributed by atoms with Gasteiger partial charge in [0.05, 0.1) is 17.4 Å². The van der Waals surface area contributed by atoms with Crippen LogP contribution in [0.4, 0.5) is 5.69 Å². The van der Waals surface area contributed by atoms with E-state index in [1.54, 1.807) is 0 Å². The molecule has 0 aliphatic carbocycles. The molecule has 0 spiro atoms. The molecule has 0 aliphatic rings. The number of carbonyl (C=O) groups excluding carboxylic acids is 1. The van der Waals surface area contributed by atoms with Crippen LogP contribution in [0.1, 0.15) is 23.7 Å². The van der Waals surface area contributed by atoms with Gasteiger partial charge in [-0.3, -0.25) is 4.79 Å². The minimum Gasteiger partial charge on any atom is -0.397 e. The van der Waals surface area contributed by atoms with Crippen molar-refractivity contribution in [3.05, 3.63) is 23.0 Å². The number of pyridine rings is 1. The number of hydrogen-bond acceptors (Lipinski definition) is 4. The van der Waals surface area contributed by atoms with Gasteiger partial charge in [0.2, 0.25) is 0 Å². The number of rotatable bonds is 5. The van der Waals surface area contributed by atoms with Gasteiger partial charge in [0.1, 0.15) is 5.15 Å². The maximum Gasteiger partial charge on any atom is 0.254 e. The van der Waals surface area contributed by atoms with Crippen LogP contribution in [0.3, 0.4) is 0 Å². The molecule has 0 saturated heterocycles. The van der Waals surface area contributed by atoms with Gasteiger partial charge in [-0.25, -0.2) is 4.98 Å². The predicted molar refractivity (Wildman–Crippen MR) is 66.9 cm³/mol. The van der Waals surface area contributed by atoms with Crippen molar-refractivity contribution >= 4 is 23.2 Å². The zero-order valence-electron chi connectivity index (χ0n) is 9.61. The van der Waals surface area contributed by atoms with Gasteiger partial charge in [-0.05, 0) is 18.4 Å². The second-order valence-electron chi connectivity index (χ2n) is 3.93. The number of nitrogen functional groups attached to an aromatic ring is 1. The average molecular weight is 258 g/mol. The molecule has 0 saturated carbocycles. The summed E-state index contributed by atoms with van der Waals surface area (Å²) in [6, 6.07) is 1.49. The molecular formula is C11H16ClN3O2. The highest BCUT2D eigenvalue weighted by molar-refractivity contribution is 6.32. The average Bonchev–Trinajstić information content (AvgIpc) is 2.29. The third-order valence-corrected chi connectivity index (χ3v) is 2.64. The van der Waals surface area contributed by atoms with Gasteiger partial charge in [-0.1, -0.05) is 18.5 Å². The summed E-state index contributed by atoms with van der Waals surface area (Å²) in [6.45, 7) is 2.53. The molecule has 1 aromatic rings. The molecule has 1 amide bonds. The first-order valence-corrected chi connectivity index (χ1v) is 5.72. The number of anilines is 1. The van der Waals surface area contributed by atoms with Crippen molar-refractivity contribution in [3.8, 4) is 0 Å². The van der Waals surface area contributed by atoms with Crippen LogP contribution in [-0.4, -0.2) is 29.1 Å². The van der Waals surface area contributed by atoms with E-state index in [9.17, 15) is 4.79 Å². The van der Waals surface area contributed by atoms with Gasteiger partial charge >= 0.3 is 0 Å². The van der Waals surface area contributed by atoms with Gasteiger partial charge in [-0.2, -0.15) is 0 Å². The van der Waals surface area contributed by atoms with Crippen LogP contribution in [0, 0.1) is 5.92 Å². The van der Waals surface area contributed by atoms with Crippen LogP contribution in [-0.2, 0) is 0 Å². The van der Waals surface area contributed by atoms with Gasteiger partial charge in [-0.15, -0.1) is 0 Å². The Morgan fingerprint density at radius 2 is 2.41 bits per heavy atom. The molecule has 6 heteroatoms. The summed E-state index contributed by atoms with van der Waals surface area (Å²) in [7, 11) is 0. The van der Waals surface area contributed by atoms with Gasteiger partial charge in [0, 0.05) is 13.2 Å². The first kappa shape index (κ1) is 13.7. The highest BCUT2D eigenvalue weighted by atomic mass is 35.5. The van der Waals surface area contributed by atoms with Crippen LogP contribution >= 0.6 is 11.6 Å². The highest BCUT2D eigenvalue weighted by Crippen LogP contribution is 2.15. The van der Waals surface area contributed by atoms with Crippen LogP contribution in [0.2, 0.25) is 5.15 Å². The van der Waals surface area contributed by atoms with Gasteiger partial charge < -0.3 is 16.2 Å². The topological polar surface area (TPSA) is 88.2 Å². The molecule has 0 bridgehead atoms. The lowest BCUT2D eigenvalue weighted by Crippen LogP contribution is -2.29. The lowest BCUT2D eigenvalue weighted by atomic mass is 10.1. The molecule has 5 nitrogen and oxygen atoms in total. The van der Waals surface area contributed by atoms with Crippen molar-refractivity contribution in [3.63, 3.8) is 0 Å². The summed E-state index contributed by atoms with van der Waals surface area (Å²) in [6.07, 6.45) is 2.04.